The predicted molar refractivity (Wildman–Crippen MR) is 112 cm³/mol. The van der Waals surface area contributed by atoms with E-state index in [0.717, 1.165) is 54.5 Å². The number of fused-ring (bicyclic) bond motifs is 1. The summed E-state index contributed by atoms with van der Waals surface area (Å²) in [7, 11) is 4.16. The van der Waals surface area contributed by atoms with Gasteiger partial charge in [0.15, 0.2) is 0 Å². The maximum absolute atomic E-state index is 4.85. The number of aromatic nitrogens is 2. The van der Waals surface area contributed by atoms with Gasteiger partial charge in [-0.2, -0.15) is 0 Å². The van der Waals surface area contributed by atoms with Gasteiger partial charge >= 0.3 is 0 Å². The first kappa shape index (κ1) is 19.1. The van der Waals surface area contributed by atoms with E-state index in [0.29, 0.717) is 5.92 Å². The summed E-state index contributed by atoms with van der Waals surface area (Å²) < 4.78 is 1.15. The van der Waals surface area contributed by atoms with Crippen LogP contribution >= 0.6 is 15.9 Å². The minimum Gasteiger partial charge on any atom is -0.369 e. The van der Waals surface area contributed by atoms with Crippen molar-refractivity contribution in [3.63, 3.8) is 0 Å². The minimum atomic E-state index is 0.303. The molecule has 0 atom stereocenters. The van der Waals surface area contributed by atoms with Crippen LogP contribution in [-0.2, 0) is 13.0 Å². The minimum absolute atomic E-state index is 0.303. The fraction of sp³-hybridized carbons (Fsp3) is 0.500. The van der Waals surface area contributed by atoms with Crippen molar-refractivity contribution in [3.05, 3.63) is 45.7 Å². The molecule has 1 aromatic carbocycles. The van der Waals surface area contributed by atoms with E-state index < -0.39 is 0 Å². The summed E-state index contributed by atoms with van der Waals surface area (Å²) in [6.07, 6.45) is 1.04. The number of halogens is 1. The second-order valence-corrected chi connectivity index (χ2v) is 8.35. The van der Waals surface area contributed by atoms with Gasteiger partial charge in [-0.05, 0) is 43.8 Å². The van der Waals surface area contributed by atoms with Crippen LogP contribution in [0.2, 0.25) is 0 Å². The van der Waals surface area contributed by atoms with Crippen LogP contribution in [0.5, 0.6) is 0 Å². The molecular weight excluding hydrogens is 390 g/mol. The number of nitrogens with zero attached hydrogens (tertiary/aromatic N) is 4. The molecule has 0 unspecified atom stereocenters. The highest BCUT2D eigenvalue weighted by Crippen LogP contribution is 2.27. The average molecular weight is 418 g/mol. The van der Waals surface area contributed by atoms with Gasteiger partial charge in [-0.3, -0.25) is 0 Å². The molecule has 0 amide bonds. The monoisotopic (exact) mass is 417 g/mol. The molecule has 6 heteroatoms. The van der Waals surface area contributed by atoms with Gasteiger partial charge in [0, 0.05) is 42.6 Å². The molecule has 0 fully saturated rings. The Balaban J connectivity index is 1.82. The zero-order chi connectivity index (χ0) is 18.7. The lowest BCUT2D eigenvalue weighted by Crippen LogP contribution is -2.31. The Hall–Kier alpha value is -1.66. The van der Waals surface area contributed by atoms with Crippen molar-refractivity contribution in [2.24, 2.45) is 0 Å². The Bertz CT molecular complexity index is 760. The number of hydrogen-bond acceptors (Lipinski definition) is 5. The molecule has 0 radical (unpaired) electrons. The van der Waals surface area contributed by atoms with Crippen LogP contribution in [0, 0.1) is 0 Å². The van der Waals surface area contributed by atoms with Crippen LogP contribution in [-0.4, -0.2) is 48.6 Å². The molecule has 0 spiro atoms. The second kappa shape index (κ2) is 8.35. The number of benzene rings is 1. The van der Waals surface area contributed by atoms with Crippen molar-refractivity contribution in [2.75, 3.05) is 43.9 Å². The molecule has 0 bridgehead atoms. The molecule has 140 valence electrons. The SMILES string of the molecule is CC(C)c1nc(NCCN(C)C)cc(N2CCc3cc(Br)ccc3C2)n1. The average Bonchev–Trinajstić information content (AvgIpc) is 2.60. The molecular formula is C20H28BrN5. The van der Waals surface area contributed by atoms with E-state index in [-0.39, 0.29) is 0 Å². The molecule has 1 aliphatic rings. The third-order valence-electron chi connectivity index (χ3n) is 4.62. The van der Waals surface area contributed by atoms with Crippen molar-refractivity contribution in [2.45, 2.75) is 32.7 Å². The maximum Gasteiger partial charge on any atom is 0.135 e. The fourth-order valence-electron chi connectivity index (χ4n) is 3.09. The summed E-state index contributed by atoms with van der Waals surface area (Å²) in [5, 5.41) is 3.45. The highest BCUT2D eigenvalue weighted by molar-refractivity contribution is 9.10. The molecule has 0 aliphatic carbocycles. The normalized spacial score (nSPS) is 14.0. The van der Waals surface area contributed by atoms with E-state index >= 15 is 0 Å². The van der Waals surface area contributed by atoms with Crippen molar-refractivity contribution < 1.29 is 0 Å². The number of likely N-dealkylation sites (N-methyl/N-ethyl adjacent to an activating group) is 1. The molecule has 1 N–H and O–H groups in total. The topological polar surface area (TPSA) is 44.3 Å². The van der Waals surface area contributed by atoms with Crippen molar-refractivity contribution in [3.8, 4) is 0 Å². The Labute approximate surface area is 165 Å². The maximum atomic E-state index is 4.85. The smallest absolute Gasteiger partial charge is 0.135 e. The van der Waals surface area contributed by atoms with Gasteiger partial charge in [-0.1, -0.05) is 35.8 Å². The quantitative estimate of drug-likeness (QED) is 0.771. The number of rotatable bonds is 6. The van der Waals surface area contributed by atoms with E-state index in [4.69, 9.17) is 9.97 Å². The van der Waals surface area contributed by atoms with E-state index in [1.165, 1.54) is 11.1 Å². The molecule has 3 rings (SSSR count). The first-order valence-electron chi connectivity index (χ1n) is 9.22. The summed E-state index contributed by atoms with van der Waals surface area (Å²) in [6, 6.07) is 8.66. The van der Waals surface area contributed by atoms with Gasteiger partial charge in [0.1, 0.15) is 17.5 Å². The molecule has 0 saturated carbocycles. The van der Waals surface area contributed by atoms with Crippen LogP contribution in [0.4, 0.5) is 11.6 Å². The van der Waals surface area contributed by atoms with Gasteiger partial charge in [-0.15, -0.1) is 0 Å². The lowest BCUT2D eigenvalue weighted by atomic mass is 10.00. The molecule has 2 aromatic rings. The fourth-order valence-corrected chi connectivity index (χ4v) is 3.50. The largest absolute Gasteiger partial charge is 0.369 e. The zero-order valence-electron chi connectivity index (χ0n) is 16.1. The Morgan fingerprint density at radius 3 is 2.73 bits per heavy atom. The van der Waals surface area contributed by atoms with Gasteiger partial charge in [-0.25, -0.2) is 9.97 Å². The Kier molecular flexibility index (Phi) is 6.14. The van der Waals surface area contributed by atoms with Crippen LogP contribution < -0.4 is 10.2 Å². The third kappa shape index (κ3) is 4.74. The van der Waals surface area contributed by atoms with Crippen LogP contribution in [0.15, 0.2) is 28.7 Å². The summed E-state index contributed by atoms with van der Waals surface area (Å²) in [6.45, 7) is 8.01. The predicted octanol–water partition coefficient (Wildman–Crippen LogP) is 3.90. The van der Waals surface area contributed by atoms with Gasteiger partial charge in [0.25, 0.3) is 0 Å². The summed E-state index contributed by atoms with van der Waals surface area (Å²) in [5.41, 5.74) is 2.81. The standard InChI is InChI=1S/C20H28BrN5/c1-14(2)20-23-18(22-8-10-25(3)4)12-19(24-20)26-9-7-15-11-17(21)6-5-16(15)13-26/h5-6,11-12,14H,7-10,13H2,1-4H3,(H,22,23,24). The third-order valence-corrected chi connectivity index (χ3v) is 5.11. The molecule has 1 aromatic heterocycles. The summed E-state index contributed by atoms with van der Waals surface area (Å²) >= 11 is 3.57. The van der Waals surface area contributed by atoms with Crippen LogP contribution in [0.1, 0.15) is 36.7 Å². The number of anilines is 2. The molecule has 2 heterocycles. The van der Waals surface area contributed by atoms with Gasteiger partial charge in [0.05, 0.1) is 0 Å². The Morgan fingerprint density at radius 1 is 1.19 bits per heavy atom. The lowest BCUT2D eigenvalue weighted by molar-refractivity contribution is 0.425. The summed E-state index contributed by atoms with van der Waals surface area (Å²) in [4.78, 5) is 14.1. The lowest BCUT2D eigenvalue weighted by Gasteiger charge is -2.30. The first-order valence-corrected chi connectivity index (χ1v) is 10.0. The van der Waals surface area contributed by atoms with Crippen LogP contribution in [0.3, 0.4) is 0 Å². The number of hydrogen-bond donors (Lipinski definition) is 1. The summed E-state index contributed by atoms with van der Waals surface area (Å²) in [5.74, 6) is 3.14. The van der Waals surface area contributed by atoms with E-state index in [9.17, 15) is 0 Å². The zero-order valence-corrected chi connectivity index (χ0v) is 17.7. The highest BCUT2D eigenvalue weighted by atomic mass is 79.9. The molecule has 0 saturated heterocycles. The molecule has 26 heavy (non-hydrogen) atoms. The molecule has 5 nitrogen and oxygen atoms in total. The van der Waals surface area contributed by atoms with E-state index in [1.807, 2.05) is 0 Å². The van der Waals surface area contributed by atoms with E-state index in [2.05, 4.69) is 83.3 Å². The first-order chi connectivity index (χ1) is 12.4. The highest BCUT2D eigenvalue weighted by Gasteiger charge is 2.19. The van der Waals surface area contributed by atoms with Gasteiger partial charge in [0.2, 0.25) is 0 Å². The van der Waals surface area contributed by atoms with E-state index in [1.54, 1.807) is 0 Å². The van der Waals surface area contributed by atoms with Crippen LogP contribution in [0.25, 0.3) is 0 Å². The molecule has 1 aliphatic heterocycles. The van der Waals surface area contributed by atoms with Crippen molar-refractivity contribution in [1.29, 1.82) is 0 Å². The van der Waals surface area contributed by atoms with Crippen molar-refractivity contribution in [1.82, 2.24) is 14.9 Å². The number of nitrogens with one attached hydrogen (secondary N) is 1. The Morgan fingerprint density at radius 2 is 2.00 bits per heavy atom. The second-order valence-electron chi connectivity index (χ2n) is 7.44. The van der Waals surface area contributed by atoms with Crippen molar-refractivity contribution >= 4 is 27.6 Å². The van der Waals surface area contributed by atoms with Gasteiger partial charge < -0.3 is 15.1 Å².